The van der Waals surface area contributed by atoms with Crippen molar-refractivity contribution in [3.63, 3.8) is 0 Å². The Morgan fingerprint density at radius 3 is 2.79 bits per heavy atom. The van der Waals surface area contributed by atoms with E-state index >= 15 is 0 Å². The van der Waals surface area contributed by atoms with Crippen molar-refractivity contribution in [1.82, 2.24) is 9.55 Å². The molecule has 1 fully saturated rings. The maximum atomic E-state index is 14.7. The molecule has 0 aliphatic carbocycles. The number of hydrogen-bond donors (Lipinski definition) is 3. The zero-order chi connectivity index (χ0) is 21.0. The van der Waals surface area contributed by atoms with Crippen molar-refractivity contribution < 1.29 is 24.1 Å². The zero-order valence-electron chi connectivity index (χ0n) is 15.3. The molecule has 152 valence electrons. The molecule has 1 aliphatic rings. The Labute approximate surface area is 165 Å². The number of benzene rings is 1. The first-order valence-electron chi connectivity index (χ1n) is 8.90. The van der Waals surface area contributed by atoms with Crippen LogP contribution in [0.1, 0.15) is 29.6 Å². The number of aliphatic hydroxyl groups is 2. The maximum absolute atomic E-state index is 14.7. The smallest absolute Gasteiger partial charge is 0.352 e. The van der Waals surface area contributed by atoms with Gasteiger partial charge < -0.3 is 20.3 Å². The van der Waals surface area contributed by atoms with Crippen LogP contribution in [0.5, 0.6) is 0 Å². The first-order valence-corrected chi connectivity index (χ1v) is 8.90. The molecular formula is C19H19FN4O5. The van der Waals surface area contributed by atoms with Crippen LogP contribution in [0, 0.1) is 17.1 Å². The average Bonchev–Trinajstić information content (AvgIpc) is 3.06. The van der Waals surface area contributed by atoms with E-state index in [0.29, 0.717) is 0 Å². The lowest BCUT2D eigenvalue weighted by Crippen LogP contribution is -2.43. The van der Waals surface area contributed by atoms with E-state index in [4.69, 9.17) is 10.00 Å². The minimum atomic E-state index is -1.53. The van der Waals surface area contributed by atoms with Gasteiger partial charge in [0.25, 0.3) is 5.91 Å². The fourth-order valence-corrected chi connectivity index (χ4v) is 3.29. The summed E-state index contributed by atoms with van der Waals surface area (Å²) in [6, 6.07) is 9.94. The Hall–Kier alpha value is -3.13. The topological polar surface area (TPSA) is 137 Å². The first-order chi connectivity index (χ1) is 13.9. The van der Waals surface area contributed by atoms with Crippen molar-refractivity contribution in [3.05, 3.63) is 58.4 Å². The number of aliphatic hydroxyl groups excluding tert-OH is 2. The van der Waals surface area contributed by atoms with E-state index in [9.17, 15) is 24.2 Å². The van der Waals surface area contributed by atoms with Crippen molar-refractivity contribution in [1.29, 1.82) is 5.26 Å². The maximum Gasteiger partial charge on any atom is 0.352 e. The molecule has 2 heterocycles. The van der Waals surface area contributed by atoms with Crippen LogP contribution in [0.3, 0.4) is 0 Å². The number of amides is 1. The van der Waals surface area contributed by atoms with Crippen LogP contribution < -0.4 is 11.0 Å². The van der Waals surface area contributed by atoms with Gasteiger partial charge in [0, 0.05) is 24.8 Å². The lowest BCUT2D eigenvalue weighted by atomic mass is 10.0. The number of hydrogen-bond acceptors (Lipinski definition) is 7. The second-order valence-corrected chi connectivity index (χ2v) is 6.62. The van der Waals surface area contributed by atoms with E-state index in [1.165, 1.54) is 12.1 Å². The first kappa shape index (κ1) is 20.6. The zero-order valence-corrected chi connectivity index (χ0v) is 15.3. The minimum Gasteiger partial charge on any atom is -0.394 e. The summed E-state index contributed by atoms with van der Waals surface area (Å²) in [7, 11) is 0. The predicted octanol–water partition coefficient (Wildman–Crippen LogP) is 0.733. The van der Waals surface area contributed by atoms with Crippen LogP contribution in [-0.4, -0.2) is 44.5 Å². The molecule has 3 N–H and O–H groups in total. The van der Waals surface area contributed by atoms with Gasteiger partial charge in [0.2, 0.25) is 0 Å². The molecule has 1 aromatic carbocycles. The fourth-order valence-electron chi connectivity index (χ4n) is 3.29. The molecule has 9 nitrogen and oxygen atoms in total. The summed E-state index contributed by atoms with van der Waals surface area (Å²) in [4.78, 5) is 28.4. The number of carbonyl (C=O) groups excluding carboxylic acids is 1. The Morgan fingerprint density at radius 1 is 1.45 bits per heavy atom. The van der Waals surface area contributed by atoms with E-state index in [2.05, 4.69) is 10.3 Å². The van der Waals surface area contributed by atoms with Gasteiger partial charge in [0.15, 0.2) is 17.4 Å². The van der Waals surface area contributed by atoms with Gasteiger partial charge in [0.1, 0.15) is 6.10 Å². The van der Waals surface area contributed by atoms with Gasteiger partial charge in [-0.2, -0.15) is 10.2 Å². The molecule has 0 unspecified atom stereocenters. The number of nitriles is 1. The Kier molecular flexibility index (Phi) is 6.03. The van der Waals surface area contributed by atoms with Gasteiger partial charge in [0.05, 0.1) is 25.0 Å². The lowest BCUT2D eigenvalue weighted by molar-refractivity contribution is -0.123. The molecule has 0 saturated carbocycles. The van der Waals surface area contributed by atoms with E-state index in [1.54, 1.807) is 18.2 Å². The summed E-state index contributed by atoms with van der Waals surface area (Å²) < 4.78 is 21.2. The summed E-state index contributed by atoms with van der Waals surface area (Å²) in [5, 5.41) is 30.6. The van der Waals surface area contributed by atoms with E-state index in [1.807, 2.05) is 6.07 Å². The number of anilines is 1. The SMILES string of the molecule is N#CCC[C@]1(n2cc(F)c(NC(=O)c3ccccc3)nc2=O)C[C@H](O)[C@@H](CO)O1. The highest BCUT2D eigenvalue weighted by Crippen LogP contribution is 2.38. The molecule has 3 rings (SSSR count). The van der Waals surface area contributed by atoms with E-state index in [-0.39, 0.29) is 24.8 Å². The van der Waals surface area contributed by atoms with Gasteiger partial charge >= 0.3 is 5.69 Å². The number of carbonyl (C=O) groups is 1. The second-order valence-electron chi connectivity index (χ2n) is 6.62. The van der Waals surface area contributed by atoms with Crippen LogP contribution in [0.4, 0.5) is 10.2 Å². The third-order valence-corrected chi connectivity index (χ3v) is 4.72. The van der Waals surface area contributed by atoms with Crippen molar-refractivity contribution in [3.8, 4) is 6.07 Å². The Balaban J connectivity index is 1.94. The minimum absolute atomic E-state index is 0.0200. The van der Waals surface area contributed by atoms with Crippen molar-refractivity contribution in [2.24, 2.45) is 0 Å². The number of nitrogens with zero attached hydrogens (tertiary/aromatic N) is 3. The summed E-state index contributed by atoms with van der Waals surface area (Å²) in [5.74, 6) is -2.18. The van der Waals surface area contributed by atoms with E-state index < -0.39 is 47.8 Å². The summed E-state index contributed by atoms with van der Waals surface area (Å²) >= 11 is 0. The van der Waals surface area contributed by atoms with Crippen LogP contribution in [-0.2, 0) is 10.5 Å². The highest BCUT2D eigenvalue weighted by molar-refractivity contribution is 6.03. The molecule has 1 saturated heterocycles. The third-order valence-electron chi connectivity index (χ3n) is 4.72. The molecule has 29 heavy (non-hydrogen) atoms. The van der Waals surface area contributed by atoms with Crippen LogP contribution >= 0.6 is 0 Å². The molecule has 1 aromatic heterocycles. The summed E-state index contributed by atoms with van der Waals surface area (Å²) in [6.07, 6.45) is -1.46. The molecule has 3 atom stereocenters. The Morgan fingerprint density at radius 2 is 2.17 bits per heavy atom. The van der Waals surface area contributed by atoms with Crippen LogP contribution in [0.15, 0.2) is 41.3 Å². The number of halogens is 1. The molecule has 0 spiro atoms. The number of rotatable bonds is 6. The van der Waals surface area contributed by atoms with Crippen LogP contribution in [0.2, 0.25) is 0 Å². The number of nitrogens with one attached hydrogen (secondary N) is 1. The monoisotopic (exact) mass is 402 g/mol. The number of aromatic nitrogens is 2. The van der Waals surface area contributed by atoms with Crippen molar-refractivity contribution in [2.45, 2.75) is 37.2 Å². The number of ether oxygens (including phenoxy) is 1. The van der Waals surface area contributed by atoms with Crippen LogP contribution in [0.25, 0.3) is 0 Å². The summed E-state index contributed by atoms with van der Waals surface area (Å²) in [5.41, 5.74) is -2.20. The largest absolute Gasteiger partial charge is 0.394 e. The van der Waals surface area contributed by atoms with Gasteiger partial charge in [-0.1, -0.05) is 18.2 Å². The molecule has 2 aromatic rings. The normalized spacial score (nSPS) is 23.5. The lowest BCUT2D eigenvalue weighted by Gasteiger charge is -2.30. The van der Waals surface area contributed by atoms with Gasteiger partial charge in [-0.05, 0) is 12.1 Å². The molecule has 0 bridgehead atoms. The van der Waals surface area contributed by atoms with Crippen molar-refractivity contribution in [2.75, 3.05) is 11.9 Å². The van der Waals surface area contributed by atoms with Gasteiger partial charge in [-0.15, -0.1) is 0 Å². The molecular weight excluding hydrogens is 383 g/mol. The summed E-state index contributed by atoms with van der Waals surface area (Å²) in [6.45, 7) is -0.509. The fraction of sp³-hybridized carbons (Fsp3) is 0.368. The van der Waals surface area contributed by atoms with Gasteiger partial charge in [-0.3, -0.25) is 9.36 Å². The van der Waals surface area contributed by atoms with Crippen molar-refractivity contribution >= 4 is 11.7 Å². The quantitative estimate of drug-likeness (QED) is 0.648. The van der Waals surface area contributed by atoms with Gasteiger partial charge in [-0.25, -0.2) is 9.18 Å². The molecule has 0 radical (unpaired) electrons. The standard InChI is InChI=1S/C19H19FN4O5/c20-13-10-24(19(7-4-8-21)9-14(26)15(11-25)29-19)18(28)23-16(13)22-17(27)12-5-2-1-3-6-12/h1-3,5-6,10,14-15,25-26H,4,7,9,11H2,(H,22,23,27,28)/t14-,15+,19+/m0/s1. The highest BCUT2D eigenvalue weighted by Gasteiger charge is 2.47. The predicted molar refractivity (Wildman–Crippen MR) is 98.3 cm³/mol. The second kappa shape index (κ2) is 8.48. The van der Waals surface area contributed by atoms with E-state index in [0.717, 1.165) is 10.8 Å². The molecule has 10 heteroatoms. The Bertz CT molecular complexity index is 990. The highest BCUT2D eigenvalue weighted by atomic mass is 19.1. The third kappa shape index (κ3) is 4.17. The molecule has 1 aliphatic heterocycles. The molecule has 1 amide bonds. The average molecular weight is 402 g/mol.